The van der Waals surface area contributed by atoms with Crippen molar-refractivity contribution in [2.45, 2.75) is 0 Å². The zero-order chi connectivity index (χ0) is 35.9. The Bertz CT molecular complexity index is 2840. The highest BCUT2D eigenvalue weighted by atomic mass is 19.1. The molecule has 0 saturated heterocycles. The lowest BCUT2D eigenvalue weighted by Crippen LogP contribution is -1.93. The molecule has 0 aromatic heterocycles. The van der Waals surface area contributed by atoms with Gasteiger partial charge in [-0.3, -0.25) is 0 Å². The first-order valence-corrected chi connectivity index (χ1v) is 17.9. The van der Waals surface area contributed by atoms with Crippen LogP contribution in [0, 0.1) is 5.82 Å². The lowest BCUT2D eigenvalue weighted by Gasteiger charge is -2.20. The first kappa shape index (κ1) is 32.1. The third kappa shape index (κ3) is 5.46. The summed E-state index contributed by atoms with van der Waals surface area (Å²) in [5, 5.41) is 9.43. The molecule has 0 amide bonds. The normalized spacial score (nSPS) is 11.8. The monoisotopic (exact) mass is 678 g/mol. The number of hydrogen-bond donors (Lipinski definition) is 0. The fourth-order valence-electron chi connectivity index (χ4n) is 8.16. The maximum absolute atomic E-state index is 14.0. The number of rotatable bonds is 7. The van der Waals surface area contributed by atoms with E-state index in [9.17, 15) is 4.39 Å². The van der Waals surface area contributed by atoms with E-state index in [1.165, 1.54) is 54.6 Å². The first-order valence-electron chi connectivity index (χ1n) is 17.9. The Morgan fingerprint density at radius 1 is 0.377 bits per heavy atom. The minimum Gasteiger partial charge on any atom is -0.207 e. The van der Waals surface area contributed by atoms with Gasteiger partial charge in [0.2, 0.25) is 0 Å². The quantitative estimate of drug-likeness (QED) is 0.116. The molecule has 0 N–H and O–H groups in total. The maximum atomic E-state index is 14.0. The molecule has 9 aromatic carbocycles. The Labute approximate surface area is 309 Å². The molecule has 0 unspecified atom stereocenters. The summed E-state index contributed by atoms with van der Waals surface area (Å²) in [5.41, 5.74) is 11.4. The summed E-state index contributed by atoms with van der Waals surface area (Å²) in [7, 11) is 0. The van der Waals surface area contributed by atoms with Gasteiger partial charge in [0.05, 0.1) is 0 Å². The van der Waals surface area contributed by atoms with Gasteiger partial charge in [-0.25, -0.2) is 4.39 Å². The van der Waals surface area contributed by atoms with Gasteiger partial charge in [-0.2, -0.15) is 0 Å². The Kier molecular flexibility index (Phi) is 8.10. The molecule has 0 atom stereocenters. The number of benzene rings is 9. The SMILES string of the molecule is C=C/C=C(\C=C)c1ccc2c(-c3ccc(-c4c5ccccc5c(-c5ccc(F)cc5)c5ccccc45)cc3)c3ccccc3c(-c3ccccc3)c2c1. The smallest absolute Gasteiger partial charge is 0.123 e. The van der Waals surface area contributed by atoms with Crippen molar-refractivity contribution in [3.05, 3.63) is 213 Å². The fraction of sp³-hybridized carbons (Fsp3) is 0. The van der Waals surface area contributed by atoms with Crippen molar-refractivity contribution in [1.29, 1.82) is 0 Å². The van der Waals surface area contributed by atoms with Crippen LogP contribution in [-0.2, 0) is 0 Å². The Morgan fingerprint density at radius 3 is 1.15 bits per heavy atom. The molecule has 1 heteroatoms. The van der Waals surface area contributed by atoms with Crippen molar-refractivity contribution < 1.29 is 4.39 Å². The second kappa shape index (κ2) is 13.4. The second-order valence-corrected chi connectivity index (χ2v) is 13.4. The molecule has 0 saturated carbocycles. The number of halogens is 1. The van der Waals surface area contributed by atoms with Crippen LogP contribution in [0.3, 0.4) is 0 Å². The van der Waals surface area contributed by atoms with E-state index in [0.29, 0.717) is 0 Å². The zero-order valence-corrected chi connectivity index (χ0v) is 29.2. The van der Waals surface area contributed by atoms with Crippen molar-refractivity contribution in [1.82, 2.24) is 0 Å². The lowest BCUT2D eigenvalue weighted by atomic mass is 9.83. The van der Waals surface area contributed by atoms with Gasteiger partial charge in [-0.1, -0.05) is 183 Å². The van der Waals surface area contributed by atoms with Crippen molar-refractivity contribution in [2.24, 2.45) is 0 Å². The van der Waals surface area contributed by atoms with Crippen molar-refractivity contribution >= 4 is 48.7 Å². The molecule has 9 rings (SSSR count). The lowest BCUT2D eigenvalue weighted by molar-refractivity contribution is 0.628. The second-order valence-electron chi connectivity index (χ2n) is 13.4. The summed E-state index contributed by atoms with van der Waals surface area (Å²) >= 11 is 0. The van der Waals surface area contributed by atoms with Gasteiger partial charge in [0, 0.05) is 0 Å². The molecule has 0 aliphatic carbocycles. The summed E-state index contributed by atoms with van der Waals surface area (Å²) < 4.78 is 14.0. The zero-order valence-electron chi connectivity index (χ0n) is 29.2. The van der Waals surface area contributed by atoms with Crippen molar-refractivity contribution in [2.75, 3.05) is 0 Å². The number of fused-ring (bicyclic) bond motifs is 4. The molecule has 0 aliphatic heterocycles. The van der Waals surface area contributed by atoms with Gasteiger partial charge in [0.25, 0.3) is 0 Å². The molecule has 0 nitrogen and oxygen atoms in total. The molecule has 0 spiro atoms. The number of hydrogen-bond acceptors (Lipinski definition) is 0. The van der Waals surface area contributed by atoms with Gasteiger partial charge in [0.15, 0.2) is 0 Å². The average Bonchev–Trinajstić information content (AvgIpc) is 3.21. The Hall–Kier alpha value is -6.83. The highest BCUT2D eigenvalue weighted by molar-refractivity contribution is 6.23. The molecule has 0 bridgehead atoms. The van der Waals surface area contributed by atoms with Gasteiger partial charge in [0.1, 0.15) is 5.82 Å². The van der Waals surface area contributed by atoms with Crippen LogP contribution in [0.25, 0.3) is 93.2 Å². The molecular formula is C52H35F. The molecule has 0 heterocycles. The average molecular weight is 679 g/mol. The molecule has 250 valence electrons. The highest BCUT2D eigenvalue weighted by Crippen LogP contribution is 2.47. The summed E-state index contributed by atoms with van der Waals surface area (Å²) in [5.74, 6) is -0.235. The van der Waals surface area contributed by atoms with Gasteiger partial charge >= 0.3 is 0 Å². The van der Waals surface area contributed by atoms with E-state index in [-0.39, 0.29) is 5.82 Å². The predicted octanol–water partition coefficient (Wildman–Crippen LogP) is 14.9. The van der Waals surface area contributed by atoms with Crippen molar-refractivity contribution in [3.63, 3.8) is 0 Å². The van der Waals surface area contributed by atoms with Crippen LogP contribution in [0.2, 0.25) is 0 Å². The standard InChI is InChI=1S/C52H35F/c1-3-14-34(4-2)39-29-32-47-48(33-39)52(35-15-6-5-7-16-35)46-22-13-12-21-45(46)51(47)37-25-23-36(24-26-37)49-41-17-8-10-19-43(41)50(38-27-30-40(53)31-28-38)44-20-11-9-18-42(44)49/h3-33H,1-2H2/b34-14+. The third-order valence-corrected chi connectivity index (χ3v) is 10.5. The molecule has 53 heavy (non-hydrogen) atoms. The predicted molar refractivity (Wildman–Crippen MR) is 227 cm³/mol. The third-order valence-electron chi connectivity index (χ3n) is 10.5. The largest absolute Gasteiger partial charge is 0.207 e. The highest BCUT2D eigenvalue weighted by Gasteiger charge is 2.19. The molecular weight excluding hydrogens is 644 g/mol. The Balaban J connectivity index is 1.29. The molecule has 0 radical (unpaired) electrons. The van der Waals surface area contributed by atoms with Crippen LogP contribution in [0.5, 0.6) is 0 Å². The van der Waals surface area contributed by atoms with E-state index in [2.05, 4.69) is 159 Å². The van der Waals surface area contributed by atoms with Gasteiger partial charge < -0.3 is 0 Å². The van der Waals surface area contributed by atoms with Crippen LogP contribution in [-0.4, -0.2) is 0 Å². The topological polar surface area (TPSA) is 0 Å². The number of allylic oxidation sites excluding steroid dienone is 4. The fourth-order valence-corrected chi connectivity index (χ4v) is 8.16. The summed E-state index contributed by atoms with van der Waals surface area (Å²) in [6, 6.07) is 59.3. The summed E-state index contributed by atoms with van der Waals surface area (Å²) in [4.78, 5) is 0. The molecule has 9 aromatic rings. The first-order chi connectivity index (χ1) is 26.1. The summed E-state index contributed by atoms with van der Waals surface area (Å²) in [6.07, 6.45) is 5.72. The van der Waals surface area contributed by atoms with Crippen LogP contribution in [0.4, 0.5) is 4.39 Å². The van der Waals surface area contributed by atoms with Crippen LogP contribution < -0.4 is 0 Å². The maximum Gasteiger partial charge on any atom is 0.123 e. The van der Waals surface area contributed by atoms with Gasteiger partial charge in [-0.05, 0) is 117 Å². The molecule has 0 fully saturated rings. The minimum absolute atomic E-state index is 0.235. The van der Waals surface area contributed by atoms with Crippen molar-refractivity contribution in [3.8, 4) is 44.5 Å². The Morgan fingerprint density at radius 2 is 0.736 bits per heavy atom. The molecule has 0 aliphatic rings. The van der Waals surface area contributed by atoms with Crippen LogP contribution in [0.15, 0.2) is 201 Å². The van der Waals surface area contributed by atoms with Crippen LogP contribution in [0.1, 0.15) is 5.56 Å². The van der Waals surface area contributed by atoms with E-state index in [0.717, 1.165) is 44.2 Å². The van der Waals surface area contributed by atoms with Gasteiger partial charge in [-0.15, -0.1) is 0 Å². The minimum atomic E-state index is -0.235. The van der Waals surface area contributed by atoms with E-state index in [4.69, 9.17) is 0 Å². The van der Waals surface area contributed by atoms with E-state index < -0.39 is 0 Å². The summed E-state index contributed by atoms with van der Waals surface area (Å²) in [6.45, 7) is 8.04. The van der Waals surface area contributed by atoms with E-state index >= 15 is 0 Å². The van der Waals surface area contributed by atoms with E-state index in [1.54, 1.807) is 12.1 Å². The van der Waals surface area contributed by atoms with Crippen LogP contribution >= 0.6 is 0 Å². The van der Waals surface area contributed by atoms with E-state index in [1.807, 2.05) is 30.4 Å².